The summed E-state index contributed by atoms with van der Waals surface area (Å²) in [5.41, 5.74) is 11.4. The Morgan fingerprint density at radius 2 is 1.88 bits per heavy atom. The van der Waals surface area contributed by atoms with E-state index in [0.29, 0.717) is 5.56 Å². The minimum Gasteiger partial charge on any atom is -0.322 e. The smallest absolute Gasteiger partial charge is 0.188 e. The molecule has 2 atom stereocenters. The summed E-state index contributed by atoms with van der Waals surface area (Å²) < 4.78 is 0. The van der Waals surface area contributed by atoms with Crippen LogP contribution in [0.3, 0.4) is 0 Å². The summed E-state index contributed by atoms with van der Waals surface area (Å²) in [7, 11) is 0. The van der Waals surface area contributed by atoms with Crippen LogP contribution in [0.4, 0.5) is 0 Å². The van der Waals surface area contributed by atoms with Crippen LogP contribution >= 0.6 is 0 Å². The maximum absolute atomic E-state index is 12.2. The number of hydrogen-bond donors (Lipinski definition) is 2. The molecule has 1 aromatic carbocycles. The highest BCUT2D eigenvalue weighted by molar-refractivity contribution is 6.05. The maximum atomic E-state index is 12.2. The Balaban J connectivity index is 2.35. The average Bonchev–Trinajstić information content (AvgIpc) is 2.33. The molecule has 0 amide bonds. The molecule has 3 heteroatoms. The van der Waals surface area contributed by atoms with Gasteiger partial charge in [0, 0.05) is 5.56 Å². The highest BCUT2D eigenvalue weighted by Crippen LogP contribution is 2.19. The normalized spacial score (nSPS) is 28.0. The first kappa shape index (κ1) is 10.8. The monoisotopic (exact) mass is 214 g/mol. The van der Waals surface area contributed by atoms with Gasteiger partial charge in [0.1, 0.15) is 5.54 Å². The van der Waals surface area contributed by atoms with Crippen molar-refractivity contribution in [3.8, 4) is 0 Å². The molecule has 2 rings (SSSR count). The summed E-state index contributed by atoms with van der Waals surface area (Å²) in [6.07, 6.45) is 6.95. The number of hydrogen-bond acceptors (Lipinski definition) is 3. The quantitative estimate of drug-likeness (QED) is 0.722. The van der Waals surface area contributed by atoms with Gasteiger partial charge in [-0.05, 0) is 0 Å². The number of carbonyl (C=O) groups is 1. The van der Waals surface area contributed by atoms with Crippen LogP contribution in [0.5, 0.6) is 0 Å². The molecule has 0 saturated heterocycles. The summed E-state index contributed by atoms with van der Waals surface area (Å²) in [5.74, 6) is -0.152. The third kappa shape index (κ3) is 1.71. The van der Waals surface area contributed by atoms with Gasteiger partial charge in [-0.2, -0.15) is 0 Å². The molecule has 16 heavy (non-hydrogen) atoms. The van der Waals surface area contributed by atoms with Crippen molar-refractivity contribution in [2.45, 2.75) is 11.6 Å². The Hall–Kier alpha value is -1.71. The fourth-order valence-electron chi connectivity index (χ4n) is 1.74. The predicted molar refractivity (Wildman–Crippen MR) is 63.9 cm³/mol. The molecule has 1 aliphatic rings. The number of ketones is 1. The Morgan fingerprint density at radius 1 is 1.19 bits per heavy atom. The lowest BCUT2D eigenvalue weighted by atomic mass is 9.81. The third-order valence-corrected chi connectivity index (χ3v) is 2.78. The van der Waals surface area contributed by atoms with Crippen LogP contribution in [-0.2, 0) is 0 Å². The van der Waals surface area contributed by atoms with E-state index in [2.05, 4.69) is 0 Å². The van der Waals surface area contributed by atoms with Crippen molar-refractivity contribution in [1.82, 2.24) is 0 Å². The van der Waals surface area contributed by atoms with Crippen LogP contribution < -0.4 is 11.5 Å². The molecule has 0 spiro atoms. The van der Waals surface area contributed by atoms with Gasteiger partial charge in [0.25, 0.3) is 0 Å². The lowest BCUT2D eigenvalue weighted by molar-refractivity contribution is 0.0912. The summed E-state index contributed by atoms with van der Waals surface area (Å²) in [5, 5.41) is 0. The molecule has 0 radical (unpaired) electrons. The van der Waals surface area contributed by atoms with E-state index in [9.17, 15) is 4.79 Å². The van der Waals surface area contributed by atoms with Crippen LogP contribution in [0.1, 0.15) is 10.4 Å². The molecular weight excluding hydrogens is 200 g/mol. The summed E-state index contributed by atoms with van der Waals surface area (Å²) >= 11 is 0. The molecule has 82 valence electrons. The second kappa shape index (κ2) is 4.04. The van der Waals surface area contributed by atoms with Gasteiger partial charge in [-0.15, -0.1) is 0 Å². The second-order valence-electron chi connectivity index (χ2n) is 3.90. The van der Waals surface area contributed by atoms with E-state index in [0.717, 1.165) is 0 Å². The predicted octanol–water partition coefficient (Wildman–Crippen LogP) is 1.02. The Kier molecular flexibility index (Phi) is 2.73. The van der Waals surface area contributed by atoms with Crippen molar-refractivity contribution in [2.24, 2.45) is 11.5 Å². The van der Waals surface area contributed by atoms with E-state index in [1.807, 2.05) is 18.2 Å². The van der Waals surface area contributed by atoms with Gasteiger partial charge in [-0.1, -0.05) is 54.6 Å². The first-order chi connectivity index (χ1) is 7.64. The molecule has 2 unspecified atom stereocenters. The van der Waals surface area contributed by atoms with Gasteiger partial charge in [0.15, 0.2) is 5.78 Å². The number of allylic oxidation sites excluding steroid dienone is 2. The fourth-order valence-corrected chi connectivity index (χ4v) is 1.74. The van der Waals surface area contributed by atoms with E-state index < -0.39 is 11.6 Å². The van der Waals surface area contributed by atoms with Crippen molar-refractivity contribution in [3.05, 3.63) is 60.2 Å². The van der Waals surface area contributed by atoms with Gasteiger partial charge in [-0.25, -0.2) is 0 Å². The maximum Gasteiger partial charge on any atom is 0.188 e. The zero-order valence-corrected chi connectivity index (χ0v) is 8.84. The summed E-state index contributed by atoms with van der Waals surface area (Å²) in [4.78, 5) is 12.2. The first-order valence-electron chi connectivity index (χ1n) is 5.15. The Morgan fingerprint density at radius 3 is 2.50 bits per heavy atom. The minimum absolute atomic E-state index is 0.152. The van der Waals surface area contributed by atoms with Gasteiger partial charge < -0.3 is 11.5 Å². The third-order valence-electron chi connectivity index (χ3n) is 2.78. The second-order valence-corrected chi connectivity index (χ2v) is 3.90. The minimum atomic E-state index is -1.13. The lowest BCUT2D eigenvalue weighted by Gasteiger charge is -2.30. The highest BCUT2D eigenvalue weighted by Gasteiger charge is 2.37. The van der Waals surface area contributed by atoms with Gasteiger partial charge in [0.2, 0.25) is 0 Å². The van der Waals surface area contributed by atoms with Crippen LogP contribution in [-0.4, -0.2) is 17.4 Å². The van der Waals surface area contributed by atoms with Crippen molar-refractivity contribution < 1.29 is 4.79 Å². The number of benzene rings is 1. The summed E-state index contributed by atoms with van der Waals surface area (Å²) in [6.45, 7) is 0. The topological polar surface area (TPSA) is 69.1 Å². The molecular formula is C13H14N2O. The van der Waals surface area contributed by atoms with Crippen molar-refractivity contribution in [3.63, 3.8) is 0 Å². The SMILES string of the molecule is NC1C=CC=CC1(N)C(=O)c1ccccc1. The molecule has 4 N–H and O–H groups in total. The number of Topliss-reactive ketones (excluding diaryl/α,β-unsaturated/α-hetero) is 1. The molecule has 0 saturated carbocycles. The highest BCUT2D eigenvalue weighted by atomic mass is 16.1. The van der Waals surface area contributed by atoms with Gasteiger partial charge >= 0.3 is 0 Å². The number of nitrogens with two attached hydrogens (primary N) is 2. The zero-order valence-electron chi connectivity index (χ0n) is 8.84. The van der Waals surface area contributed by atoms with Gasteiger partial charge in [0.05, 0.1) is 6.04 Å². The molecule has 1 aromatic rings. The zero-order chi connectivity index (χ0) is 11.6. The molecule has 0 aliphatic heterocycles. The molecule has 3 nitrogen and oxygen atoms in total. The van der Waals surface area contributed by atoms with E-state index >= 15 is 0 Å². The average molecular weight is 214 g/mol. The van der Waals surface area contributed by atoms with E-state index in [1.54, 1.807) is 36.4 Å². The molecule has 0 heterocycles. The van der Waals surface area contributed by atoms with Crippen LogP contribution in [0, 0.1) is 0 Å². The Labute approximate surface area is 94.4 Å². The van der Waals surface area contributed by atoms with Gasteiger partial charge in [-0.3, -0.25) is 4.79 Å². The number of carbonyl (C=O) groups excluding carboxylic acids is 1. The van der Waals surface area contributed by atoms with Crippen LogP contribution in [0.2, 0.25) is 0 Å². The molecule has 1 aliphatic carbocycles. The van der Waals surface area contributed by atoms with E-state index in [4.69, 9.17) is 11.5 Å². The van der Waals surface area contributed by atoms with Crippen molar-refractivity contribution in [1.29, 1.82) is 0 Å². The van der Waals surface area contributed by atoms with Crippen molar-refractivity contribution in [2.75, 3.05) is 0 Å². The standard InChI is InChI=1S/C13H14N2O/c14-11-8-4-5-9-13(11,15)12(16)10-6-2-1-3-7-10/h1-9,11H,14-15H2. The molecule has 0 aromatic heterocycles. The fraction of sp³-hybridized carbons (Fsp3) is 0.154. The summed E-state index contributed by atoms with van der Waals surface area (Å²) in [6, 6.07) is 8.49. The molecule has 0 bridgehead atoms. The largest absolute Gasteiger partial charge is 0.322 e. The van der Waals surface area contributed by atoms with Crippen LogP contribution in [0.15, 0.2) is 54.6 Å². The number of rotatable bonds is 2. The lowest BCUT2D eigenvalue weighted by Crippen LogP contribution is -2.59. The Bertz CT molecular complexity index is 450. The van der Waals surface area contributed by atoms with E-state index in [-0.39, 0.29) is 5.78 Å². The molecule has 0 fully saturated rings. The first-order valence-corrected chi connectivity index (χ1v) is 5.15. The van der Waals surface area contributed by atoms with Crippen molar-refractivity contribution >= 4 is 5.78 Å². The van der Waals surface area contributed by atoms with Crippen LogP contribution in [0.25, 0.3) is 0 Å². The van der Waals surface area contributed by atoms with E-state index in [1.165, 1.54) is 0 Å².